The number of amides is 1. The summed E-state index contributed by atoms with van der Waals surface area (Å²) in [4.78, 5) is 11.4. The number of nitrogens with one attached hydrogen (secondary N) is 1. The van der Waals surface area contributed by atoms with E-state index < -0.39 is 5.54 Å². The van der Waals surface area contributed by atoms with E-state index in [2.05, 4.69) is 5.32 Å². The van der Waals surface area contributed by atoms with Gasteiger partial charge in [0.15, 0.2) is 0 Å². The Kier molecular flexibility index (Phi) is 4.01. The molecular formula is C12H16FNO2. The highest BCUT2D eigenvalue weighted by Crippen LogP contribution is 2.20. The van der Waals surface area contributed by atoms with Crippen molar-refractivity contribution >= 4 is 5.91 Å². The van der Waals surface area contributed by atoms with Crippen LogP contribution in [0.2, 0.25) is 0 Å². The normalized spacial score (nSPS) is 11.2. The SMILES string of the molecule is COCC(=O)NC(C)(C)c1cccc(F)c1. The van der Waals surface area contributed by atoms with Crippen LogP contribution in [0.5, 0.6) is 0 Å². The molecule has 0 bridgehead atoms. The van der Waals surface area contributed by atoms with Gasteiger partial charge in [-0.05, 0) is 31.5 Å². The van der Waals surface area contributed by atoms with Gasteiger partial charge in [-0.1, -0.05) is 12.1 Å². The maximum absolute atomic E-state index is 13.0. The number of hydrogen-bond donors (Lipinski definition) is 1. The zero-order valence-electron chi connectivity index (χ0n) is 9.71. The Labute approximate surface area is 94.6 Å². The third-order valence-corrected chi connectivity index (χ3v) is 2.27. The molecule has 3 nitrogen and oxygen atoms in total. The van der Waals surface area contributed by atoms with Crippen molar-refractivity contribution < 1.29 is 13.9 Å². The van der Waals surface area contributed by atoms with E-state index in [0.717, 1.165) is 5.56 Å². The largest absolute Gasteiger partial charge is 0.375 e. The minimum Gasteiger partial charge on any atom is -0.375 e. The zero-order chi connectivity index (χ0) is 12.2. The number of hydrogen-bond acceptors (Lipinski definition) is 2. The lowest BCUT2D eigenvalue weighted by atomic mass is 9.94. The molecule has 0 heterocycles. The molecule has 0 atom stereocenters. The average molecular weight is 225 g/mol. The summed E-state index contributed by atoms with van der Waals surface area (Å²) in [6.07, 6.45) is 0. The van der Waals surface area contributed by atoms with E-state index in [1.54, 1.807) is 12.1 Å². The molecule has 0 aliphatic carbocycles. The Morgan fingerprint density at radius 3 is 2.75 bits per heavy atom. The van der Waals surface area contributed by atoms with Gasteiger partial charge < -0.3 is 10.1 Å². The molecule has 0 aliphatic heterocycles. The molecule has 4 heteroatoms. The van der Waals surface area contributed by atoms with Gasteiger partial charge in [0.2, 0.25) is 5.91 Å². The van der Waals surface area contributed by atoms with Crippen LogP contribution < -0.4 is 5.32 Å². The highest BCUT2D eigenvalue weighted by molar-refractivity contribution is 5.78. The quantitative estimate of drug-likeness (QED) is 0.848. The first-order valence-corrected chi connectivity index (χ1v) is 5.01. The second-order valence-corrected chi connectivity index (χ2v) is 4.12. The van der Waals surface area contributed by atoms with Gasteiger partial charge in [0.25, 0.3) is 0 Å². The van der Waals surface area contributed by atoms with E-state index in [4.69, 9.17) is 4.74 Å². The fourth-order valence-electron chi connectivity index (χ4n) is 1.47. The number of methoxy groups -OCH3 is 1. The number of ether oxygens (including phenoxy) is 1. The first kappa shape index (κ1) is 12.6. The van der Waals surface area contributed by atoms with Crippen LogP contribution >= 0.6 is 0 Å². The summed E-state index contributed by atoms with van der Waals surface area (Å²) < 4.78 is 17.8. The maximum Gasteiger partial charge on any atom is 0.246 e. The number of carbonyl (C=O) groups is 1. The molecule has 0 aliphatic rings. The van der Waals surface area contributed by atoms with Crippen molar-refractivity contribution in [2.75, 3.05) is 13.7 Å². The molecule has 1 aromatic carbocycles. The van der Waals surface area contributed by atoms with Gasteiger partial charge in [-0.2, -0.15) is 0 Å². The van der Waals surface area contributed by atoms with E-state index in [9.17, 15) is 9.18 Å². The predicted octanol–water partition coefficient (Wildman–Crippen LogP) is 1.82. The first-order valence-electron chi connectivity index (χ1n) is 5.01. The standard InChI is InChI=1S/C12H16FNO2/c1-12(2,14-11(15)8-16-3)9-5-4-6-10(13)7-9/h4-7H,8H2,1-3H3,(H,14,15). The fourth-order valence-corrected chi connectivity index (χ4v) is 1.47. The van der Waals surface area contributed by atoms with Gasteiger partial charge in [-0.15, -0.1) is 0 Å². The van der Waals surface area contributed by atoms with Crippen molar-refractivity contribution in [3.8, 4) is 0 Å². The van der Waals surface area contributed by atoms with Crippen LogP contribution in [0.4, 0.5) is 4.39 Å². The van der Waals surface area contributed by atoms with Crippen molar-refractivity contribution in [1.82, 2.24) is 5.32 Å². The Bertz CT molecular complexity index is 377. The summed E-state index contributed by atoms with van der Waals surface area (Å²) in [5, 5.41) is 2.77. The minimum absolute atomic E-state index is 0.00124. The topological polar surface area (TPSA) is 38.3 Å². The second-order valence-electron chi connectivity index (χ2n) is 4.12. The highest BCUT2D eigenvalue weighted by Gasteiger charge is 2.22. The van der Waals surface area contributed by atoms with Crippen LogP contribution in [0.1, 0.15) is 19.4 Å². The van der Waals surface area contributed by atoms with Crippen LogP contribution in [0.3, 0.4) is 0 Å². The maximum atomic E-state index is 13.0. The monoisotopic (exact) mass is 225 g/mol. The van der Waals surface area contributed by atoms with Crippen molar-refractivity contribution in [2.45, 2.75) is 19.4 Å². The van der Waals surface area contributed by atoms with Crippen molar-refractivity contribution in [2.24, 2.45) is 0 Å². The number of rotatable bonds is 4. The lowest BCUT2D eigenvalue weighted by Crippen LogP contribution is -2.42. The molecule has 0 saturated heterocycles. The van der Waals surface area contributed by atoms with Gasteiger partial charge in [-0.25, -0.2) is 4.39 Å². The molecule has 0 saturated carbocycles. The lowest BCUT2D eigenvalue weighted by Gasteiger charge is -2.26. The van der Waals surface area contributed by atoms with Crippen LogP contribution in [0, 0.1) is 5.82 Å². The number of carbonyl (C=O) groups excluding carboxylic acids is 1. The molecule has 0 fully saturated rings. The van der Waals surface area contributed by atoms with Crippen LogP contribution in [0.25, 0.3) is 0 Å². The average Bonchev–Trinajstić information content (AvgIpc) is 2.17. The molecule has 16 heavy (non-hydrogen) atoms. The molecule has 1 rings (SSSR count). The summed E-state index contributed by atoms with van der Waals surface area (Å²) in [5.74, 6) is -0.539. The van der Waals surface area contributed by atoms with Crippen LogP contribution in [0.15, 0.2) is 24.3 Å². The van der Waals surface area contributed by atoms with Gasteiger partial charge >= 0.3 is 0 Å². The molecule has 0 unspecified atom stereocenters. The summed E-state index contributed by atoms with van der Waals surface area (Å²) in [7, 11) is 1.45. The van der Waals surface area contributed by atoms with Gasteiger partial charge in [0.1, 0.15) is 12.4 Å². The summed E-state index contributed by atoms with van der Waals surface area (Å²) in [5.41, 5.74) is 0.106. The number of benzene rings is 1. The van der Waals surface area contributed by atoms with Crippen molar-refractivity contribution in [1.29, 1.82) is 0 Å². The molecule has 88 valence electrons. The molecule has 0 spiro atoms. The Balaban J connectivity index is 2.81. The molecule has 1 N–H and O–H groups in total. The zero-order valence-corrected chi connectivity index (χ0v) is 9.71. The summed E-state index contributed by atoms with van der Waals surface area (Å²) in [6, 6.07) is 6.18. The third-order valence-electron chi connectivity index (χ3n) is 2.27. The third kappa shape index (κ3) is 3.31. The van der Waals surface area contributed by atoms with Crippen LogP contribution in [-0.4, -0.2) is 19.6 Å². The molecule has 0 aromatic heterocycles. The smallest absolute Gasteiger partial charge is 0.246 e. The van der Waals surface area contributed by atoms with Gasteiger partial charge in [0, 0.05) is 7.11 Å². The molecule has 1 aromatic rings. The summed E-state index contributed by atoms with van der Waals surface area (Å²) in [6.45, 7) is 3.63. The lowest BCUT2D eigenvalue weighted by molar-refractivity contribution is -0.126. The van der Waals surface area contributed by atoms with E-state index >= 15 is 0 Å². The van der Waals surface area contributed by atoms with E-state index in [-0.39, 0.29) is 18.3 Å². The van der Waals surface area contributed by atoms with Crippen molar-refractivity contribution in [3.63, 3.8) is 0 Å². The Morgan fingerprint density at radius 1 is 1.50 bits per heavy atom. The van der Waals surface area contributed by atoms with E-state index in [1.165, 1.54) is 19.2 Å². The Hall–Kier alpha value is -1.42. The minimum atomic E-state index is -0.613. The predicted molar refractivity (Wildman–Crippen MR) is 59.4 cm³/mol. The molecular weight excluding hydrogens is 209 g/mol. The van der Waals surface area contributed by atoms with E-state index in [1.807, 2.05) is 13.8 Å². The number of halogens is 1. The highest BCUT2D eigenvalue weighted by atomic mass is 19.1. The molecule has 1 amide bonds. The first-order chi connectivity index (χ1) is 7.45. The second kappa shape index (κ2) is 5.07. The molecule has 0 radical (unpaired) electrons. The van der Waals surface area contributed by atoms with Crippen molar-refractivity contribution in [3.05, 3.63) is 35.6 Å². The Morgan fingerprint density at radius 2 is 2.19 bits per heavy atom. The summed E-state index contributed by atoms with van der Waals surface area (Å²) >= 11 is 0. The van der Waals surface area contributed by atoms with E-state index in [0.29, 0.717) is 0 Å². The van der Waals surface area contributed by atoms with Gasteiger partial charge in [0.05, 0.1) is 5.54 Å². The van der Waals surface area contributed by atoms with Crippen LogP contribution in [-0.2, 0) is 15.1 Å². The fraction of sp³-hybridized carbons (Fsp3) is 0.417. The van der Waals surface area contributed by atoms with Gasteiger partial charge in [-0.3, -0.25) is 4.79 Å².